The van der Waals surface area contributed by atoms with Crippen molar-refractivity contribution in [2.75, 3.05) is 13.7 Å². The lowest BCUT2D eigenvalue weighted by atomic mass is 10.2. The van der Waals surface area contributed by atoms with Gasteiger partial charge in [0.05, 0.1) is 12.7 Å². The molecule has 0 fully saturated rings. The van der Waals surface area contributed by atoms with Crippen molar-refractivity contribution in [2.24, 2.45) is 0 Å². The van der Waals surface area contributed by atoms with Crippen molar-refractivity contribution in [3.63, 3.8) is 0 Å². The molecular formula is C17H18FNO2S. The predicted octanol–water partition coefficient (Wildman–Crippen LogP) is 3.88. The zero-order valence-corrected chi connectivity index (χ0v) is 13.4. The number of hydrogen-bond acceptors (Lipinski definition) is 3. The molecular weight excluding hydrogens is 301 g/mol. The minimum atomic E-state index is -0.495. The summed E-state index contributed by atoms with van der Waals surface area (Å²) >= 11 is 1.52. The van der Waals surface area contributed by atoms with Crippen LogP contribution in [0.5, 0.6) is 5.75 Å². The van der Waals surface area contributed by atoms with Gasteiger partial charge in [-0.2, -0.15) is 0 Å². The highest BCUT2D eigenvalue weighted by Gasteiger charge is 2.11. The Balaban J connectivity index is 2.01. The molecule has 0 aromatic heterocycles. The number of carbonyl (C=O) groups is 1. The lowest BCUT2D eigenvalue weighted by molar-refractivity contribution is 0.0951. The first kappa shape index (κ1) is 16.4. The third-order valence-electron chi connectivity index (χ3n) is 3.09. The van der Waals surface area contributed by atoms with E-state index in [-0.39, 0.29) is 11.5 Å². The molecule has 22 heavy (non-hydrogen) atoms. The fourth-order valence-electron chi connectivity index (χ4n) is 1.91. The van der Waals surface area contributed by atoms with E-state index in [0.717, 1.165) is 22.0 Å². The molecule has 3 nitrogen and oxygen atoms in total. The van der Waals surface area contributed by atoms with E-state index in [9.17, 15) is 9.18 Å². The van der Waals surface area contributed by atoms with Gasteiger partial charge in [-0.25, -0.2) is 4.39 Å². The summed E-state index contributed by atoms with van der Waals surface area (Å²) in [4.78, 5) is 12.4. The molecule has 116 valence electrons. The van der Waals surface area contributed by atoms with Crippen LogP contribution in [0.2, 0.25) is 0 Å². The van der Waals surface area contributed by atoms with E-state index >= 15 is 0 Å². The number of methoxy groups -OCH3 is 1. The van der Waals surface area contributed by atoms with E-state index in [1.54, 1.807) is 20.1 Å². The topological polar surface area (TPSA) is 38.3 Å². The van der Waals surface area contributed by atoms with Crippen molar-refractivity contribution in [2.45, 2.75) is 17.6 Å². The Hall–Kier alpha value is -2.01. The third kappa shape index (κ3) is 4.24. The van der Waals surface area contributed by atoms with Crippen molar-refractivity contribution in [1.82, 2.24) is 5.32 Å². The average Bonchev–Trinajstić information content (AvgIpc) is 2.53. The molecule has 2 aromatic carbocycles. The predicted molar refractivity (Wildman–Crippen MR) is 87.0 cm³/mol. The minimum absolute atomic E-state index is 0.0793. The van der Waals surface area contributed by atoms with Crippen LogP contribution in [-0.2, 0) is 5.75 Å². The van der Waals surface area contributed by atoms with Crippen LogP contribution in [0.1, 0.15) is 22.8 Å². The zero-order valence-electron chi connectivity index (χ0n) is 12.6. The number of amides is 1. The second-order valence-corrected chi connectivity index (χ2v) is 5.69. The maximum Gasteiger partial charge on any atom is 0.254 e. The summed E-state index contributed by atoms with van der Waals surface area (Å²) in [5, 5.41) is 2.59. The van der Waals surface area contributed by atoms with Crippen LogP contribution in [0.4, 0.5) is 4.39 Å². The van der Waals surface area contributed by atoms with Gasteiger partial charge in [-0.3, -0.25) is 4.79 Å². The fourth-order valence-corrected chi connectivity index (χ4v) is 2.79. The summed E-state index contributed by atoms with van der Waals surface area (Å²) < 4.78 is 19.1. The van der Waals surface area contributed by atoms with E-state index in [4.69, 9.17) is 4.74 Å². The first-order valence-electron chi connectivity index (χ1n) is 6.97. The van der Waals surface area contributed by atoms with Crippen LogP contribution >= 0.6 is 11.8 Å². The minimum Gasteiger partial charge on any atom is -0.497 e. The second-order valence-electron chi connectivity index (χ2n) is 4.64. The Morgan fingerprint density at radius 2 is 1.95 bits per heavy atom. The van der Waals surface area contributed by atoms with Gasteiger partial charge in [0.25, 0.3) is 5.91 Å². The molecule has 1 amide bonds. The number of ether oxygens (including phenoxy) is 1. The highest BCUT2D eigenvalue weighted by atomic mass is 32.2. The van der Waals surface area contributed by atoms with Crippen LogP contribution in [0.25, 0.3) is 0 Å². The molecule has 0 atom stereocenters. The summed E-state index contributed by atoms with van der Waals surface area (Å²) in [7, 11) is 1.63. The molecule has 5 heteroatoms. The van der Waals surface area contributed by atoms with Crippen LogP contribution in [0.15, 0.2) is 47.4 Å². The van der Waals surface area contributed by atoms with Gasteiger partial charge in [-0.15, -0.1) is 11.8 Å². The molecule has 2 aromatic rings. The molecule has 0 unspecified atom stereocenters. The SMILES string of the molecule is CCNC(=O)c1ccc(SCc2ccc(OC)cc2)cc1F. The van der Waals surface area contributed by atoms with Crippen LogP contribution in [0.3, 0.4) is 0 Å². The summed E-state index contributed by atoms with van der Waals surface area (Å²) in [6.07, 6.45) is 0. The van der Waals surface area contributed by atoms with Gasteiger partial charge in [-0.1, -0.05) is 12.1 Å². The van der Waals surface area contributed by atoms with E-state index in [1.165, 1.54) is 23.9 Å². The van der Waals surface area contributed by atoms with Gasteiger partial charge < -0.3 is 10.1 Å². The summed E-state index contributed by atoms with van der Waals surface area (Å²) in [5.74, 6) is 0.660. The van der Waals surface area contributed by atoms with Crippen molar-refractivity contribution >= 4 is 17.7 Å². The Bertz CT molecular complexity index is 644. The molecule has 0 bridgehead atoms. The molecule has 0 saturated carbocycles. The Labute approximate surface area is 133 Å². The molecule has 2 rings (SSSR count). The lowest BCUT2D eigenvalue weighted by Crippen LogP contribution is -2.23. The zero-order chi connectivity index (χ0) is 15.9. The van der Waals surface area contributed by atoms with Gasteiger partial charge in [0.2, 0.25) is 0 Å². The number of hydrogen-bond donors (Lipinski definition) is 1. The lowest BCUT2D eigenvalue weighted by Gasteiger charge is -2.07. The average molecular weight is 319 g/mol. The smallest absolute Gasteiger partial charge is 0.254 e. The Morgan fingerprint density at radius 3 is 2.55 bits per heavy atom. The Kier molecular flexibility index (Phi) is 5.83. The first-order valence-corrected chi connectivity index (χ1v) is 7.96. The van der Waals surface area contributed by atoms with Crippen molar-refractivity contribution in [1.29, 1.82) is 0 Å². The van der Waals surface area contributed by atoms with Crippen molar-refractivity contribution in [3.05, 3.63) is 59.4 Å². The number of thioether (sulfide) groups is 1. The quantitative estimate of drug-likeness (QED) is 0.821. The number of carbonyl (C=O) groups excluding carboxylic acids is 1. The summed E-state index contributed by atoms with van der Waals surface area (Å²) in [5.41, 5.74) is 1.20. The van der Waals surface area contributed by atoms with Gasteiger partial charge >= 0.3 is 0 Å². The molecule has 0 aliphatic rings. The molecule has 0 heterocycles. The highest BCUT2D eigenvalue weighted by molar-refractivity contribution is 7.98. The molecule has 0 aliphatic carbocycles. The first-order chi connectivity index (χ1) is 10.6. The molecule has 0 saturated heterocycles. The highest BCUT2D eigenvalue weighted by Crippen LogP contribution is 2.25. The van der Waals surface area contributed by atoms with E-state index < -0.39 is 5.82 Å². The molecule has 0 spiro atoms. The number of rotatable bonds is 6. The van der Waals surface area contributed by atoms with Crippen LogP contribution in [-0.4, -0.2) is 19.6 Å². The third-order valence-corrected chi connectivity index (χ3v) is 4.15. The van der Waals surface area contributed by atoms with Crippen LogP contribution in [0, 0.1) is 5.82 Å². The normalized spacial score (nSPS) is 10.3. The fraction of sp³-hybridized carbons (Fsp3) is 0.235. The maximum absolute atomic E-state index is 14.0. The second kappa shape index (κ2) is 7.84. The molecule has 0 aliphatic heterocycles. The largest absolute Gasteiger partial charge is 0.497 e. The Morgan fingerprint density at radius 1 is 1.23 bits per heavy atom. The molecule has 1 N–H and O–H groups in total. The van der Waals surface area contributed by atoms with E-state index in [0.29, 0.717) is 6.54 Å². The number of nitrogens with one attached hydrogen (secondary N) is 1. The van der Waals surface area contributed by atoms with Gasteiger partial charge in [0, 0.05) is 17.2 Å². The van der Waals surface area contributed by atoms with E-state index in [2.05, 4.69) is 5.32 Å². The summed E-state index contributed by atoms with van der Waals surface area (Å²) in [6, 6.07) is 12.4. The van der Waals surface area contributed by atoms with Gasteiger partial charge in [0.15, 0.2) is 0 Å². The van der Waals surface area contributed by atoms with E-state index in [1.807, 2.05) is 24.3 Å². The maximum atomic E-state index is 14.0. The van der Waals surface area contributed by atoms with Gasteiger partial charge in [-0.05, 0) is 42.8 Å². The summed E-state index contributed by atoms with van der Waals surface area (Å²) in [6.45, 7) is 2.28. The number of halogens is 1. The van der Waals surface area contributed by atoms with Crippen molar-refractivity contribution < 1.29 is 13.9 Å². The monoisotopic (exact) mass is 319 g/mol. The van der Waals surface area contributed by atoms with Gasteiger partial charge in [0.1, 0.15) is 11.6 Å². The van der Waals surface area contributed by atoms with Crippen molar-refractivity contribution in [3.8, 4) is 5.75 Å². The van der Waals surface area contributed by atoms with Crippen LogP contribution < -0.4 is 10.1 Å². The molecule has 0 radical (unpaired) electrons. The number of benzene rings is 2. The standard InChI is InChI=1S/C17H18FNO2S/c1-3-19-17(20)15-9-8-14(10-16(15)18)22-11-12-4-6-13(21-2)7-5-12/h4-10H,3,11H2,1-2H3,(H,19,20).